The van der Waals surface area contributed by atoms with E-state index in [0.29, 0.717) is 43.4 Å². The molecule has 0 fully saturated rings. The molecule has 0 aliphatic heterocycles. The van der Waals surface area contributed by atoms with Crippen LogP contribution in [0.3, 0.4) is 0 Å². The highest BCUT2D eigenvalue weighted by molar-refractivity contribution is 5.69. The van der Waals surface area contributed by atoms with Gasteiger partial charge in [-0.05, 0) is 38.5 Å². The maximum Gasteiger partial charge on any atom is 0.306 e. The first-order chi connectivity index (χ1) is 20.5. The van der Waals surface area contributed by atoms with Crippen molar-refractivity contribution in [1.29, 1.82) is 0 Å². The molecule has 0 aromatic rings. The van der Waals surface area contributed by atoms with Gasteiger partial charge in [0.1, 0.15) is 0 Å². The zero-order valence-electron chi connectivity index (χ0n) is 28.3. The van der Waals surface area contributed by atoms with Crippen LogP contribution in [0.2, 0.25) is 0 Å². The smallest absolute Gasteiger partial charge is 0.306 e. The number of carbonyl (C=O) groups excluding carboxylic acids is 1. The van der Waals surface area contributed by atoms with E-state index in [9.17, 15) is 29.7 Å². The summed E-state index contributed by atoms with van der Waals surface area (Å²) in [5, 5.41) is 30.3. The molecule has 0 amide bonds. The third kappa shape index (κ3) is 23.2. The van der Waals surface area contributed by atoms with Crippen LogP contribution in [-0.4, -0.2) is 58.8 Å². The second-order valence-electron chi connectivity index (χ2n) is 13.3. The van der Waals surface area contributed by atoms with Crippen molar-refractivity contribution in [3.63, 3.8) is 0 Å². The van der Waals surface area contributed by atoms with Crippen molar-refractivity contribution in [2.24, 2.45) is 17.8 Å². The molecule has 7 nitrogen and oxygen atoms in total. The quantitative estimate of drug-likeness (QED) is 0.0467. The second-order valence-corrected chi connectivity index (χ2v) is 13.3. The first kappa shape index (κ1) is 41.1. The molecule has 0 aliphatic carbocycles. The topological polar surface area (TPSA) is 115 Å². The summed E-state index contributed by atoms with van der Waals surface area (Å²) >= 11 is 0. The summed E-state index contributed by atoms with van der Waals surface area (Å²) in [6.07, 6.45) is 27.7. The highest BCUT2D eigenvalue weighted by atomic mass is 16.4. The fraction of sp³-hybridized carbons (Fsp3) is 0.861. The van der Waals surface area contributed by atoms with Gasteiger partial charge in [0, 0.05) is 31.1 Å². The Hall–Kier alpha value is -1.89. The van der Waals surface area contributed by atoms with Crippen molar-refractivity contribution < 1.29 is 34.2 Å². The van der Waals surface area contributed by atoms with Crippen molar-refractivity contribution in [1.82, 2.24) is 0 Å². The van der Waals surface area contributed by atoms with Crippen molar-refractivity contribution in [3.05, 3.63) is 12.2 Å². The molecule has 7 heteroatoms. The Kier molecular flexibility index (Phi) is 25.3. The lowest BCUT2D eigenvalue weighted by Crippen LogP contribution is -2.52. The van der Waals surface area contributed by atoms with E-state index in [2.05, 4.69) is 19.1 Å². The first-order valence-corrected chi connectivity index (χ1v) is 17.7. The number of hydrogen-bond donors (Lipinski definition) is 2. The van der Waals surface area contributed by atoms with Crippen LogP contribution in [0, 0.1) is 17.8 Å². The third-order valence-electron chi connectivity index (χ3n) is 9.25. The number of allylic oxidation sites excluding steroid dienone is 2. The number of carbonyl (C=O) groups is 3. The molecular weight excluding hydrogens is 542 g/mol. The van der Waals surface area contributed by atoms with E-state index in [1.54, 1.807) is 20.8 Å². The number of hydrogen-bond acceptors (Lipinski definition) is 4. The van der Waals surface area contributed by atoms with Gasteiger partial charge < -0.3 is 24.6 Å². The molecule has 0 aromatic carbocycles. The maximum absolute atomic E-state index is 11.5. The van der Waals surface area contributed by atoms with Crippen LogP contribution in [0.5, 0.6) is 0 Å². The van der Waals surface area contributed by atoms with Gasteiger partial charge in [-0.15, -0.1) is 0 Å². The lowest BCUT2D eigenvalue weighted by atomic mass is 10.0. The summed E-state index contributed by atoms with van der Waals surface area (Å²) in [7, 11) is 0. The van der Waals surface area contributed by atoms with E-state index in [1.165, 1.54) is 83.5 Å². The Labute approximate surface area is 264 Å². The average Bonchev–Trinajstić information content (AvgIpc) is 2.97. The molecule has 0 heterocycles. The number of quaternary nitrogens is 1. The SMILES string of the molecule is CCCCCCCCCCCC/C=C\CCCCCCC[N+](CCC(C)C(=O)[O-])(CCC(C)C(=O)O)CCC(C)C(=O)O. The summed E-state index contributed by atoms with van der Waals surface area (Å²) < 4.78 is 0.578. The lowest BCUT2D eigenvalue weighted by Gasteiger charge is -2.41. The minimum absolute atomic E-state index is 0.441. The third-order valence-corrected chi connectivity index (χ3v) is 9.25. The summed E-state index contributed by atoms with van der Waals surface area (Å²) in [5.41, 5.74) is 0. The molecule has 0 saturated heterocycles. The molecule has 0 aromatic heterocycles. The van der Waals surface area contributed by atoms with Crippen molar-refractivity contribution in [3.8, 4) is 0 Å². The Morgan fingerprint density at radius 1 is 0.558 bits per heavy atom. The molecule has 0 radical (unpaired) electrons. The molecular formula is C36H67NO6. The van der Waals surface area contributed by atoms with E-state index in [4.69, 9.17) is 0 Å². The van der Waals surface area contributed by atoms with Gasteiger partial charge in [-0.1, -0.05) is 110 Å². The van der Waals surface area contributed by atoms with Crippen LogP contribution in [-0.2, 0) is 14.4 Å². The van der Waals surface area contributed by atoms with Crippen molar-refractivity contribution in [2.75, 3.05) is 26.2 Å². The van der Waals surface area contributed by atoms with E-state index in [-0.39, 0.29) is 0 Å². The minimum Gasteiger partial charge on any atom is -0.550 e. The van der Waals surface area contributed by atoms with Crippen molar-refractivity contribution in [2.45, 2.75) is 156 Å². The van der Waals surface area contributed by atoms with Crippen molar-refractivity contribution >= 4 is 17.9 Å². The first-order valence-electron chi connectivity index (χ1n) is 17.7. The van der Waals surface area contributed by atoms with Crippen LogP contribution in [0.25, 0.3) is 0 Å². The molecule has 0 saturated carbocycles. The number of carboxylic acid groups (broad SMARTS) is 3. The molecule has 0 bridgehead atoms. The highest BCUT2D eigenvalue weighted by Crippen LogP contribution is 2.22. The van der Waals surface area contributed by atoms with E-state index >= 15 is 0 Å². The predicted molar refractivity (Wildman–Crippen MR) is 175 cm³/mol. The molecule has 0 spiro atoms. The number of unbranched alkanes of at least 4 members (excludes halogenated alkanes) is 15. The summed E-state index contributed by atoms with van der Waals surface area (Å²) in [6, 6.07) is 0. The number of carboxylic acids is 3. The van der Waals surface area contributed by atoms with Gasteiger partial charge in [0.25, 0.3) is 0 Å². The molecule has 252 valence electrons. The molecule has 3 atom stereocenters. The largest absolute Gasteiger partial charge is 0.550 e. The monoisotopic (exact) mass is 609 g/mol. The zero-order chi connectivity index (χ0) is 32.3. The molecule has 43 heavy (non-hydrogen) atoms. The van der Waals surface area contributed by atoms with Gasteiger partial charge in [0.2, 0.25) is 0 Å². The fourth-order valence-electron chi connectivity index (χ4n) is 5.66. The van der Waals surface area contributed by atoms with Gasteiger partial charge in [-0.2, -0.15) is 0 Å². The molecule has 3 unspecified atom stereocenters. The van der Waals surface area contributed by atoms with Gasteiger partial charge >= 0.3 is 11.9 Å². The van der Waals surface area contributed by atoms with E-state index in [1.807, 2.05) is 0 Å². The van der Waals surface area contributed by atoms with Gasteiger partial charge in [-0.25, -0.2) is 0 Å². The minimum atomic E-state index is -1.08. The van der Waals surface area contributed by atoms with E-state index in [0.717, 1.165) is 32.2 Å². The molecule has 0 aliphatic rings. The number of aliphatic carboxylic acids is 3. The van der Waals surface area contributed by atoms with Crippen LogP contribution in [0.1, 0.15) is 156 Å². The second kappa shape index (κ2) is 26.5. The van der Waals surface area contributed by atoms with Crippen LogP contribution in [0.4, 0.5) is 0 Å². The zero-order valence-corrected chi connectivity index (χ0v) is 28.3. The van der Waals surface area contributed by atoms with Crippen LogP contribution in [0.15, 0.2) is 12.2 Å². The predicted octanol–water partition coefficient (Wildman–Crippen LogP) is 8.01. The Balaban J connectivity index is 4.49. The Morgan fingerprint density at radius 3 is 1.28 bits per heavy atom. The van der Waals surface area contributed by atoms with Crippen LogP contribution >= 0.6 is 0 Å². The normalized spacial score (nSPS) is 15.3. The number of rotatable bonds is 31. The highest BCUT2D eigenvalue weighted by Gasteiger charge is 2.30. The Bertz CT molecular complexity index is 692. The molecule has 0 rings (SSSR count). The lowest BCUT2D eigenvalue weighted by molar-refractivity contribution is -0.929. The summed E-state index contributed by atoms with van der Waals surface area (Å²) in [5.74, 6) is -4.33. The summed E-state index contributed by atoms with van der Waals surface area (Å²) in [4.78, 5) is 34.4. The summed E-state index contributed by atoms with van der Waals surface area (Å²) in [6.45, 7) is 9.96. The number of nitrogens with zero attached hydrogens (tertiary/aromatic N) is 1. The van der Waals surface area contributed by atoms with Gasteiger partial charge in [0.05, 0.1) is 38.0 Å². The molecule has 2 N–H and O–H groups in total. The van der Waals surface area contributed by atoms with Gasteiger partial charge in [-0.3, -0.25) is 9.59 Å². The standard InChI is InChI=1S/C36H67NO6/c1-5-6-7-8-9-10-11-12-13-14-15-16-17-18-19-20-21-22-23-27-37(28-24-31(2)34(38)39,29-25-32(3)35(40)41)30-26-33(4)36(42)43/h16-17,31-33H,5-15,18-30H2,1-4H3,(H2-,38,39,40,41,42,43)/b17-16-. The average molecular weight is 610 g/mol. The maximum atomic E-state index is 11.5. The Morgan fingerprint density at radius 2 is 0.907 bits per heavy atom. The van der Waals surface area contributed by atoms with E-state index < -0.39 is 35.7 Å². The van der Waals surface area contributed by atoms with Gasteiger partial charge in [0.15, 0.2) is 0 Å². The fourth-order valence-corrected chi connectivity index (χ4v) is 5.66. The van der Waals surface area contributed by atoms with Crippen LogP contribution < -0.4 is 5.11 Å².